The van der Waals surface area contributed by atoms with Crippen LogP contribution in [0.5, 0.6) is 0 Å². The van der Waals surface area contributed by atoms with Gasteiger partial charge in [0, 0.05) is 7.05 Å². The van der Waals surface area contributed by atoms with Gasteiger partial charge in [-0.2, -0.15) is 0 Å². The van der Waals surface area contributed by atoms with Crippen LogP contribution in [0.15, 0.2) is 24.3 Å². The van der Waals surface area contributed by atoms with Crippen LogP contribution < -0.4 is 5.73 Å². The maximum Gasteiger partial charge on any atom is 0.153 e. The second kappa shape index (κ2) is 3.82. The molecule has 4 heteroatoms. The van der Waals surface area contributed by atoms with Crippen LogP contribution in [0.1, 0.15) is 5.82 Å². The molecule has 0 saturated heterocycles. The van der Waals surface area contributed by atoms with Gasteiger partial charge in [-0.3, -0.25) is 4.79 Å². The molecule has 4 nitrogen and oxygen atoms in total. The highest BCUT2D eigenvalue weighted by molar-refractivity contribution is 5.83. The number of hydrogen-bond donors (Lipinski definition) is 1. The van der Waals surface area contributed by atoms with Crippen LogP contribution >= 0.6 is 0 Å². The molecule has 0 unspecified atom stereocenters. The van der Waals surface area contributed by atoms with E-state index >= 15 is 0 Å². The Hall–Kier alpha value is -1.68. The van der Waals surface area contributed by atoms with E-state index in [-0.39, 0.29) is 12.3 Å². The molecule has 0 amide bonds. The Morgan fingerprint density at radius 1 is 1.47 bits per heavy atom. The molecular weight excluding hydrogens is 190 g/mol. The van der Waals surface area contributed by atoms with Gasteiger partial charge in [-0.05, 0) is 12.1 Å². The minimum atomic E-state index is 0.00778. The van der Waals surface area contributed by atoms with Crippen molar-refractivity contribution in [3.05, 3.63) is 30.1 Å². The molecule has 0 aliphatic rings. The molecule has 0 spiro atoms. The predicted molar refractivity (Wildman–Crippen MR) is 58.5 cm³/mol. The summed E-state index contributed by atoms with van der Waals surface area (Å²) in [6, 6.07) is 7.81. The number of rotatable bonds is 3. The van der Waals surface area contributed by atoms with Crippen LogP contribution in [0, 0.1) is 0 Å². The highest BCUT2D eigenvalue weighted by Gasteiger charge is 2.09. The van der Waals surface area contributed by atoms with Gasteiger partial charge in [0.2, 0.25) is 0 Å². The highest BCUT2D eigenvalue weighted by Crippen LogP contribution is 2.14. The first-order valence-electron chi connectivity index (χ1n) is 4.84. The van der Waals surface area contributed by atoms with Crippen molar-refractivity contribution in [3.8, 4) is 0 Å². The molecule has 2 rings (SSSR count). The van der Waals surface area contributed by atoms with Crippen LogP contribution in [-0.4, -0.2) is 21.9 Å². The number of ketones is 1. The molecule has 0 bridgehead atoms. The van der Waals surface area contributed by atoms with E-state index in [0.717, 1.165) is 16.9 Å². The van der Waals surface area contributed by atoms with Crippen LogP contribution in [0.3, 0.4) is 0 Å². The minimum Gasteiger partial charge on any atom is -0.331 e. The number of aromatic nitrogens is 2. The molecule has 78 valence electrons. The van der Waals surface area contributed by atoms with Crippen molar-refractivity contribution in [2.24, 2.45) is 12.8 Å². The van der Waals surface area contributed by atoms with Gasteiger partial charge >= 0.3 is 0 Å². The van der Waals surface area contributed by atoms with Crippen LogP contribution in [-0.2, 0) is 18.3 Å². The van der Waals surface area contributed by atoms with Crippen molar-refractivity contribution in [3.63, 3.8) is 0 Å². The van der Waals surface area contributed by atoms with Gasteiger partial charge in [0.25, 0.3) is 0 Å². The fourth-order valence-electron chi connectivity index (χ4n) is 1.60. The molecule has 0 saturated carbocycles. The Labute approximate surface area is 87.7 Å². The van der Waals surface area contributed by atoms with Gasteiger partial charge in [0.1, 0.15) is 5.82 Å². The topological polar surface area (TPSA) is 60.9 Å². The molecule has 0 fully saturated rings. The lowest BCUT2D eigenvalue weighted by Gasteiger charge is -1.99. The smallest absolute Gasteiger partial charge is 0.153 e. The van der Waals surface area contributed by atoms with Gasteiger partial charge in [-0.1, -0.05) is 12.1 Å². The lowest BCUT2D eigenvalue weighted by Crippen LogP contribution is -2.17. The molecular formula is C11H13N3O. The first kappa shape index (κ1) is 9.86. The number of carbonyl (C=O) groups is 1. The molecule has 1 heterocycles. The number of para-hydroxylation sites is 2. The second-order valence-electron chi connectivity index (χ2n) is 3.50. The van der Waals surface area contributed by atoms with E-state index in [9.17, 15) is 4.79 Å². The summed E-state index contributed by atoms with van der Waals surface area (Å²) >= 11 is 0. The number of hydrogen-bond acceptors (Lipinski definition) is 3. The lowest BCUT2D eigenvalue weighted by atomic mass is 10.3. The second-order valence-corrected chi connectivity index (χ2v) is 3.50. The van der Waals surface area contributed by atoms with E-state index in [1.54, 1.807) is 0 Å². The summed E-state index contributed by atoms with van der Waals surface area (Å²) in [4.78, 5) is 15.6. The van der Waals surface area contributed by atoms with E-state index in [1.165, 1.54) is 0 Å². The van der Waals surface area contributed by atoms with Crippen molar-refractivity contribution in [1.29, 1.82) is 0 Å². The SMILES string of the molecule is Cn1c(CC(=O)CN)nc2ccccc21. The summed E-state index contributed by atoms with van der Waals surface area (Å²) in [5, 5.41) is 0. The van der Waals surface area contributed by atoms with E-state index in [2.05, 4.69) is 4.98 Å². The monoisotopic (exact) mass is 203 g/mol. The van der Waals surface area contributed by atoms with E-state index in [0.29, 0.717) is 6.42 Å². The maximum absolute atomic E-state index is 11.2. The van der Waals surface area contributed by atoms with Gasteiger partial charge in [0.15, 0.2) is 5.78 Å². The Balaban J connectivity index is 2.44. The van der Waals surface area contributed by atoms with E-state index in [4.69, 9.17) is 5.73 Å². The van der Waals surface area contributed by atoms with Gasteiger partial charge in [-0.15, -0.1) is 0 Å². The summed E-state index contributed by atoms with van der Waals surface area (Å²) in [6.07, 6.45) is 0.307. The average Bonchev–Trinajstić information content (AvgIpc) is 2.57. The third-order valence-electron chi connectivity index (χ3n) is 2.46. The number of fused-ring (bicyclic) bond motifs is 1. The average molecular weight is 203 g/mol. The molecule has 1 aromatic heterocycles. The fourth-order valence-corrected chi connectivity index (χ4v) is 1.60. The number of nitrogens with two attached hydrogens (primary N) is 1. The number of aryl methyl sites for hydroxylation is 1. The van der Waals surface area contributed by atoms with Crippen LogP contribution in [0.2, 0.25) is 0 Å². The quantitative estimate of drug-likeness (QED) is 0.796. The van der Waals surface area contributed by atoms with Gasteiger partial charge in [0.05, 0.1) is 24.0 Å². The van der Waals surface area contributed by atoms with Crippen molar-refractivity contribution < 1.29 is 4.79 Å². The standard InChI is InChI=1S/C11H13N3O/c1-14-10-5-3-2-4-9(10)13-11(14)6-8(15)7-12/h2-5H,6-7,12H2,1H3. The summed E-state index contributed by atoms with van der Waals surface area (Å²) in [6.45, 7) is 0.0726. The summed E-state index contributed by atoms with van der Waals surface area (Å²) in [7, 11) is 1.91. The van der Waals surface area contributed by atoms with Crippen LogP contribution in [0.25, 0.3) is 11.0 Å². The summed E-state index contributed by atoms with van der Waals surface area (Å²) in [5.74, 6) is 0.778. The first-order valence-corrected chi connectivity index (χ1v) is 4.84. The highest BCUT2D eigenvalue weighted by atomic mass is 16.1. The number of Topliss-reactive ketones (excluding diaryl/α,β-unsaturated/α-hetero) is 1. The molecule has 0 radical (unpaired) electrons. The predicted octanol–water partition coefficient (Wildman–Crippen LogP) is 0.644. The van der Waals surface area contributed by atoms with Gasteiger partial charge < -0.3 is 10.3 Å². The zero-order valence-corrected chi connectivity index (χ0v) is 8.60. The van der Waals surface area contributed by atoms with Gasteiger partial charge in [-0.25, -0.2) is 4.98 Å². The number of benzene rings is 1. The zero-order valence-electron chi connectivity index (χ0n) is 8.60. The third-order valence-corrected chi connectivity index (χ3v) is 2.46. The third kappa shape index (κ3) is 1.76. The zero-order chi connectivity index (χ0) is 10.8. The molecule has 0 aliphatic heterocycles. The molecule has 15 heavy (non-hydrogen) atoms. The van der Waals surface area contributed by atoms with Crippen molar-refractivity contribution in [2.45, 2.75) is 6.42 Å². The lowest BCUT2D eigenvalue weighted by molar-refractivity contribution is -0.117. The molecule has 2 N–H and O–H groups in total. The summed E-state index contributed by atoms with van der Waals surface area (Å²) < 4.78 is 1.93. The van der Waals surface area contributed by atoms with E-state index in [1.807, 2.05) is 35.9 Å². The Morgan fingerprint density at radius 3 is 2.87 bits per heavy atom. The Kier molecular flexibility index (Phi) is 2.51. The van der Waals surface area contributed by atoms with Crippen molar-refractivity contribution in [2.75, 3.05) is 6.54 Å². The minimum absolute atomic E-state index is 0.00778. The maximum atomic E-state index is 11.2. The van der Waals surface area contributed by atoms with Crippen molar-refractivity contribution >= 4 is 16.8 Å². The van der Waals surface area contributed by atoms with Crippen LogP contribution in [0.4, 0.5) is 0 Å². The Morgan fingerprint density at radius 2 is 2.20 bits per heavy atom. The number of carbonyl (C=O) groups excluding carboxylic acids is 1. The van der Waals surface area contributed by atoms with Crippen molar-refractivity contribution in [1.82, 2.24) is 9.55 Å². The largest absolute Gasteiger partial charge is 0.331 e. The molecule has 0 atom stereocenters. The number of imidazole rings is 1. The fraction of sp³-hybridized carbons (Fsp3) is 0.273. The first-order chi connectivity index (χ1) is 7.22. The molecule has 0 aliphatic carbocycles. The molecule has 1 aromatic carbocycles. The Bertz CT molecular complexity index is 502. The molecule has 2 aromatic rings. The normalized spacial score (nSPS) is 10.8. The van der Waals surface area contributed by atoms with E-state index < -0.39 is 0 Å². The number of nitrogens with zero attached hydrogens (tertiary/aromatic N) is 2. The summed E-state index contributed by atoms with van der Waals surface area (Å²) in [5.41, 5.74) is 7.23.